The molecule has 3 amide bonds. The number of aromatic amines is 1. The average molecular weight is 597 g/mol. The number of rotatable bonds is 15. The fourth-order valence-electron chi connectivity index (χ4n) is 4.72. The molecule has 0 saturated heterocycles. The highest BCUT2D eigenvalue weighted by Crippen LogP contribution is 2.09. The van der Waals surface area contributed by atoms with E-state index < -0.39 is 47.9 Å². The number of hydrogen-bond acceptors (Lipinski definition) is 6. The van der Waals surface area contributed by atoms with E-state index in [1.165, 1.54) is 12.5 Å². The van der Waals surface area contributed by atoms with Crippen molar-refractivity contribution in [2.75, 3.05) is 0 Å². The van der Waals surface area contributed by atoms with E-state index >= 15 is 0 Å². The van der Waals surface area contributed by atoms with E-state index in [4.69, 9.17) is 5.73 Å². The van der Waals surface area contributed by atoms with Crippen LogP contribution in [0.2, 0.25) is 0 Å². The van der Waals surface area contributed by atoms with E-state index in [2.05, 4.69) is 25.9 Å². The molecule has 0 bridgehead atoms. The topological polar surface area (TPSA) is 179 Å². The maximum absolute atomic E-state index is 13.8. The van der Waals surface area contributed by atoms with Gasteiger partial charge in [0, 0.05) is 31.2 Å². The van der Waals surface area contributed by atoms with E-state index in [0.29, 0.717) is 5.69 Å². The van der Waals surface area contributed by atoms with Gasteiger partial charge in [-0.3, -0.25) is 14.4 Å². The maximum atomic E-state index is 13.8. The summed E-state index contributed by atoms with van der Waals surface area (Å²) in [5.74, 6) is -3.04. The molecule has 228 valence electrons. The second-order valence-electron chi connectivity index (χ2n) is 10.5. The summed E-state index contributed by atoms with van der Waals surface area (Å²) >= 11 is 0. The van der Waals surface area contributed by atoms with Crippen molar-refractivity contribution in [2.45, 2.75) is 49.9 Å². The third kappa shape index (κ3) is 9.63. The molecule has 0 radical (unpaired) electrons. The number of carbonyl (C=O) groups is 4. The molecule has 1 heterocycles. The number of hydrogen-bond donors (Lipinski definition) is 6. The van der Waals surface area contributed by atoms with Crippen LogP contribution in [-0.2, 0) is 44.9 Å². The first kappa shape index (κ1) is 31.6. The third-order valence-electron chi connectivity index (χ3n) is 7.06. The van der Waals surface area contributed by atoms with Gasteiger partial charge >= 0.3 is 5.97 Å². The van der Waals surface area contributed by atoms with E-state index in [9.17, 15) is 24.3 Å². The lowest BCUT2D eigenvalue weighted by molar-refractivity contribution is -0.142. The first-order valence-corrected chi connectivity index (χ1v) is 14.3. The molecule has 4 unspecified atom stereocenters. The number of carboxylic acid groups (broad SMARTS) is 1. The van der Waals surface area contributed by atoms with E-state index in [1.807, 2.05) is 66.7 Å². The Morgan fingerprint density at radius 2 is 1.07 bits per heavy atom. The molecule has 0 aliphatic rings. The van der Waals surface area contributed by atoms with Crippen LogP contribution in [0.15, 0.2) is 104 Å². The lowest BCUT2D eigenvalue weighted by atomic mass is 10.0. The highest BCUT2D eigenvalue weighted by molar-refractivity contribution is 5.94. The second-order valence-corrected chi connectivity index (χ2v) is 10.5. The molecule has 11 nitrogen and oxygen atoms in total. The minimum Gasteiger partial charge on any atom is -0.480 e. The first-order chi connectivity index (χ1) is 21.3. The fraction of sp³-hybridized carbons (Fsp3) is 0.242. The number of aliphatic carboxylic acids is 1. The fourth-order valence-corrected chi connectivity index (χ4v) is 4.72. The lowest BCUT2D eigenvalue weighted by Gasteiger charge is -2.25. The number of aromatic nitrogens is 2. The number of carbonyl (C=O) groups excluding carboxylic acids is 3. The van der Waals surface area contributed by atoms with Gasteiger partial charge in [-0.25, -0.2) is 9.78 Å². The van der Waals surface area contributed by atoms with Gasteiger partial charge in [0.15, 0.2) is 0 Å². The second kappa shape index (κ2) is 15.8. The minimum atomic E-state index is -1.27. The van der Waals surface area contributed by atoms with Gasteiger partial charge in [0.1, 0.15) is 18.1 Å². The molecular weight excluding hydrogens is 560 g/mol. The predicted octanol–water partition coefficient (Wildman–Crippen LogP) is 1.55. The van der Waals surface area contributed by atoms with Crippen LogP contribution in [0.25, 0.3) is 0 Å². The Bertz CT molecular complexity index is 1500. The van der Waals surface area contributed by atoms with Crippen molar-refractivity contribution in [1.29, 1.82) is 0 Å². The molecule has 4 rings (SSSR count). The van der Waals surface area contributed by atoms with Crippen LogP contribution in [0.3, 0.4) is 0 Å². The molecule has 0 aliphatic carbocycles. The summed E-state index contributed by atoms with van der Waals surface area (Å²) in [6.07, 6.45) is 3.38. The van der Waals surface area contributed by atoms with Gasteiger partial charge < -0.3 is 31.8 Å². The summed E-state index contributed by atoms with van der Waals surface area (Å²) in [5.41, 5.74) is 9.16. The molecule has 3 aromatic carbocycles. The predicted molar refractivity (Wildman–Crippen MR) is 164 cm³/mol. The Morgan fingerprint density at radius 3 is 1.50 bits per heavy atom. The molecule has 4 atom stereocenters. The standard InChI is InChI=1S/C33H36N6O5/c34-26(16-22-10-4-1-5-11-22)30(40)37-27(17-23-12-6-2-7-13-23)31(41)38-28(18-24-14-8-3-9-15-24)32(42)39-29(33(43)44)19-25-20-35-21-36-25/h1-15,20-21,26-29H,16-19,34H2,(H,35,36)(H,37,40)(H,38,41)(H,39,42)(H,43,44). The van der Waals surface area contributed by atoms with Crippen molar-refractivity contribution in [3.8, 4) is 0 Å². The Kier molecular flexibility index (Phi) is 11.4. The summed E-state index contributed by atoms with van der Waals surface area (Å²) in [4.78, 5) is 59.2. The number of carboxylic acids is 1. The van der Waals surface area contributed by atoms with E-state index in [-0.39, 0.29) is 25.7 Å². The molecule has 0 spiro atoms. The van der Waals surface area contributed by atoms with Crippen molar-refractivity contribution < 1.29 is 24.3 Å². The third-order valence-corrected chi connectivity index (χ3v) is 7.06. The summed E-state index contributed by atoms with van der Waals surface area (Å²) in [7, 11) is 0. The van der Waals surface area contributed by atoms with Gasteiger partial charge in [-0.1, -0.05) is 91.0 Å². The van der Waals surface area contributed by atoms with Gasteiger partial charge in [0.05, 0.1) is 12.4 Å². The smallest absolute Gasteiger partial charge is 0.326 e. The zero-order valence-corrected chi connectivity index (χ0v) is 24.1. The Hall–Kier alpha value is -5.29. The van der Waals surface area contributed by atoms with Crippen molar-refractivity contribution in [3.05, 3.63) is 126 Å². The van der Waals surface area contributed by atoms with Gasteiger partial charge in [-0.15, -0.1) is 0 Å². The molecule has 7 N–H and O–H groups in total. The van der Waals surface area contributed by atoms with Crippen molar-refractivity contribution in [2.24, 2.45) is 5.73 Å². The number of imidazole rings is 1. The molecule has 11 heteroatoms. The summed E-state index contributed by atoms with van der Waals surface area (Å²) in [6.45, 7) is 0. The van der Waals surface area contributed by atoms with Crippen LogP contribution in [0.4, 0.5) is 0 Å². The zero-order chi connectivity index (χ0) is 31.3. The van der Waals surface area contributed by atoms with Crippen LogP contribution < -0.4 is 21.7 Å². The van der Waals surface area contributed by atoms with Crippen molar-refractivity contribution >= 4 is 23.7 Å². The quantitative estimate of drug-likeness (QED) is 0.120. The molecule has 0 aliphatic heterocycles. The number of nitrogens with one attached hydrogen (secondary N) is 4. The van der Waals surface area contributed by atoms with Crippen LogP contribution in [0, 0.1) is 0 Å². The SMILES string of the molecule is NC(Cc1ccccc1)C(=O)NC(Cc1ccccc1)C(=O)NC(Cc1ccccc1)C(=O)NC(Cc1cnc[nH]1)C(=O)O. The highest BCUT2D eigenvalue weighted by atomic mass is 16.4. The minimum absolute atomic E-state index is 0.0287. The van der Waals surface area contributed by atoms with Crippen LogP contribution in [-0.4, -0.2) is 62.9 Å². The number of H-pyrrole nitrogens is 1. The first-order valence-electron chi connectivity index (χ1n) is 14.3. The number of nitrogens with zero attached hydrogens (tertiary/aromatic N) is 1. The summed E-state index contributed by atoms with van der Waals surface area (Å²) in [6, 6.07) is 23.1. The van der Waals surface area contributed by atoms with Gasteiger partial charge in [0.2, 0.25) is 17.7 Å². The summed E-state index contributed by atoms with van der Waals surface area (Å²) < 4.78 is 0. The molecular formula is C33H36N6O5. The molecule has 0 fully saturated rings. The number of benzene rings is 3. The molecule has 1 aromatic heterocycles. The monoisotopic (exact) mass is 596 g/mol. The van der Waals surface area contributed by atoms with Crippen molar-refractivity contribution in [3.63, 3.8) is 0 Å². The average Bonchev–Trinajstić information content (AvgIpc) is 3.54. The summed E-state index contributed by atoms with van der Waals surface area (Å²) in [5, 5.41) is 17.9. The number of nitrogens with two attached hydrogens (primary N) is 1. The van der Waals surface area contributed by atoms with Crippen molar-refractivity contribution in [1.82, 2.24) is 25.9 Å². The van der Waals surface area contributed by atoms with Gasteiger partial charge in [-0.2, -0.15) is 0 Å². The van der Waals surface area contributed by atoms with Crippen LogP contribution in [0.5, 0.6) is 0 Å². The molecule has 44 heavy (non-hydrogen) atoms. The lowest BCUT2D eigenvalue weighted by Crippen LogP contribution is -2.58. The van der Waals surface area contributed by atoms with Gasteiger partial charge in [-0.05, 0) is 23.1 Å². The zero-order valence-electron chi connectivity index (χ0n) is 24.1. The largest absolute Gasteiger partial charge is 0.480 e. The van der Waals surface area contributed by atoms with Gasteiger partial charge in [0.25, 0.3) is 0 Å². The van der Waals surface area contributed by atoms with Crippen LogP contribution in [0.1, 0.15) is 22.4 Å². The Labute approximate surface area is 255 Å². The number of amides is 3. The van der Waals surface area contributed by atoms with E-state index in [1.54, 1.807) is 24.3 Å². The van der Waals surface area contributed by atoms with E-state index in [0.717, 1.165) is 16.7 Å². The van der Waals surface area contributed by atoms with Crippen LogP contribution >= 0.6 is 0 Å². The highest BCUT2D eigenvalue weighted by Gasteiger charge is 2.31. The normalized spacial score (nSPS) is 13.6. The molecule has 4 aromatic rings. The maximum Gasteiger partial charge on any atom is 0.326 e. The Morgan fingerprint density at radius 1 is 0.636 bits per heavy atom. The Balaban J connectivity index is 1.53. The molecule has 0 saturated carbocycles.